The number of sulfonamides is 1. The second-order valence-corrected chi connectivity index (χ2v) is 9.24. The van der Waals surface area contributed by atoms with Crippen LogP contribution in [0.4, 0.5) is 0 Å². The van der Waals surface area contributed by atoms with Crippen LogP contribution in [0.1, 0.15) is 5.56 Å². The van der Waals surface area contributed by atoms with Gasteiger partial charge < -0.3 is 4.74 Å². The second kappa shape index (κ2) is 7.52. The maximum Gasteiger partial charge on any atom is 0.243 e. The highest BCUT2D eigenvalue weighted by Gasteiger charge is 2.26. The van der Waals surface area contributed by atoms with Gasteiger partial charge in [-0.25, -0.2) is 13.4 Å². The maximum atomic E-state index is 12.7. The van der Waals surface area contributed by atoms with Gasteiger partial charge in [0.1, 0.15) is 5.01 Å². The van der Waals surface area contributed by atoms with Crippen LogP contribution in [0.3, 0.4) is 0 Å². The number of aromatic nitrogens is 1. The number of hydrogen-bond acceptors (Lipinski definition) is 5. The average Bonchev–Trinajstić information content (AvgIpc) is 3.19. The van der Waals surface area contributed by atoms with E-state index in [1.54, 1.807) is 23.5 Å². The first-order valence-corrected chi connectivity index (χ1v) is 11.1. The molecule has 140 valence electrons. The molecular weight excluding hydrogens is 380 g/mol. The van der Waals surface area contributed by atoms with Crippen LogP contribution in [0.5, 0.6) is 0 Å². The zero-order chi connectivity index (χ0) is 18.9. The lowest BCUT2D eigenvalue weighted by Gasteiger charge is -2.26. The molecule has 2 aromatic carbocycles. The van der Waals surface area contributed by atoms with Crippen molar-refractivity contribution in [2.45, 2.75) is 11.8 Å². The summed E-state index contributed by atoms with van der Waals surface area (Å²) in [5.41, 5.74) is 4.05. The number of benzene rings is 2. The zero-order valence-electron chi connectivity index (χ0n) is 15.0. The van der Waals surface area contributed by atoms with Crippen LogP contribution in [0.2, 0.25) is 0 Å². The smallest absolute Gasteiger partial charge is 0.243 e. The molecule has 3 aromatic rings. The van der Waals surface area contributed by atoms with Crippen LogP contribution in [-0.4, -0.2) is 44.0 Å². The molecular formula is C20H20N2O3S2. The van der Waals surface area contributed by atoms with Crippen LogP contribution in [0, 0.1) is 6.92 Å². The molecule has 7 heteroatoms. The minimum absolute atomic E-state index is 0.308. The highest BCUT2D eigenvalue weighted by atomic mass is 32.2. The third-order valence-electron chi connectivity index (χ3n) is 4.53. The summed E-state index contributed by atoms with van der Waals surface area (Å²) < 4.78 is 32.1. The van der Waals surface area contributed by atoms with Crippen molar-refractivity contribution < 1.29 is 13.2 Å². The van der Waals surface area contributed by atoms with E-state index in [4.69, 9.17) is 9.72 Å². The lowest BCUT2D eigenvalue weighted by Crippen LogP contribution is -2.40. The third kappa shape index (κ3) is 3.82. The molecule has 0 unspecified atom stereocenters. The molecule has 0 bridgehead atoms. The van der Waals surface area contributed by atoms with E-state index in [1.807, 2.05) is 29.6 Å². The molecule has 1 saturated heterocycles. The second-order valence-electron chi connectivity index (χ2n) is 6.45. The molecule has 1 aliphatic heterocycles. The Morgan fingerprint density at radius 1 is 1.04 bits per heavy atom. The molecule has 5 nitrogen and oxygen atoms in total. The Labute approximate surface area is 163 Å². The molecule has 1 fully saturated rings. The predicted octanol–water partition coefficient (Wildman–Crippen LogP) is 3.81. The minimum atomic E-state index is -3.47. The third-order valence-corrected chi connectivity index (χ3v) is 7.33. The van der Waals surface area contributed by atoms with E-state index in [9.17, 15) is 8.42 Å². The number of aryl methyl sites for hydroxylation is 1. The lowest BCUT2D eigenvalue weighted by atomic mass is 10.1. The molecule has 1 aliphatic rings. The van der Waals surface area contributed by atoms with Crippen molar-refractivity contribution in [1.82, 2.24) is 9.29 Å². The standard InChI is InChI=1S/C20H20N2O3S2/c1-15-3-2-4-17(13-15)20-21-19(14-26-20)16-5-7-18(8-6-16)27(23,24)22-9-11-25-12-10-22/h2-8,13-14H,9-12H2,1H3. The van der Waals surface area contributed by atoms with Crippen LogP contribution >= 0.6 is 11.3 Å². The number of morpholine rings is 1. The molecule has 0 amide bonds. The summed E-state index contributed by atoms with van der Waals surface area (Å²) in [6, 6.07) is 15.2. The first-order valence-electron chi connectivity index (χ1n) is 8.75. The molecule has 1 aromatic heterocycles. The van der Waals surface area contributed by atoms with E-state index >= 15 is 0 Å². The Morgan fingerprint density at radius 3 is 2.48 bits per heavy atom. The van der Waals surface area contributed by atoms with Gasteiger partial charge in [0, 0.05) is 29.6 Å². The van der Waals surface area contributed by atoms with Gasteiger partial charge in [-0.1, -0.05) is 35.9 Å². The molecule has 0 N–H and O–H groups in total. The molecule has 0 atom stereocenters. The van der Waals surface area contributed by atoms with Crippen molar-refractivity contribution >= 4 is 21.4 Å². The number of thiazole rings is 1. The van der Waals surface area contributed by atoms with Gasteiger partial charge in [-0.15, -0.1) is 11.3 Å². The van der Waals surface area contributed by atoms with Gasteiger partial charge in [-0.05, 0) is 25.1 Å². The fourth-order valence-corrected chi connectivity index (χ4v) is 5.28. The van der Waals surface area contributed by atoms with Gasteiger partial charge in [0.05, 0.1) is 23.8 Å². The van der Waals surface area contributed by atoms with Crippen molar-refractivity contribution in [2.75, 3.05) is 26.3 Å². The van der Waals surface area contributed by atoms with Gasteiger partial charge in [0.15, 0.2) is 0 Å². The first kappa shape index (κ1) is 18.3. The van der Waals surface area contributed by atoms with Gasteiger partial charge in [-0.2, -0.15) is 4.31 Å². The van der Waals surface area contributed by atoms with Crippen molar-refractivity contribution in [3.8, 4) is 21.8 Å². The molecule has 0 spiro atoms. The van der Waals surface area contributed by atoms with E-state index in [0.717, 1.165) is 21.8 Å². The summed E-state index contributed by atoms with van der Waals surface area (Å²) in [5, 5.41) is 2.96. The van der Waals surface area contributed by atoms with Gasteiger partial charge in [0.25, 0.3) is 0 Å². The van der Waals surface area contributed by atoms with Gasteiger partial charge >= 0.3 is 0 Å². The largest absolute Gasteiger partial charge is 0.379 e. The molecule has 4 rings (SSSR count). The number of ether oxygens (including phenoxy) is 1. The maximum absolute atomic E-state index is 12.7. The Morgan fingerprint density at radius 2 is 1.78 bits per heavy atom. The number of hydrogen-bond donors (Lipinski definition) is 0. The number of rotatable bonds is 4. The quantitative estimate of drug-likeness (QED) is 0.668. The summed E-state index contributed by atoms with van der Waals surface area (Å²) in [4.78, 5) is 5.02. The molecule has 27 heavy (non-hydrogen) atoms. The molecule has 0 radical (unpaired) electrons. The average molecular weight is 401 g/mol. The minimum Gasteiger partial charge on any atom is -0.379 e. The topological polar surface area (TPSA) is 59.5 Å². The summed E-state index contributed by atoms with van der Waals surface area (Å²) in [6.07, 6.45) is 0. The zero-order valence-corrected chi connectivity index (χ0v) is 16.6. The SMILES string of the molecule is Cc1cccc(-c2nc(-c3ccc(S(=O)(=O)N4CCOCC4)cc3)cs2)c1. The van der Waals surface area contributed by atoms with E-state index in [2.05, 4.69) is 19.1 Å². The molecule has 0 saturated carbocycles. The van der Waals surface area contributed by atoms with Gasteiger partial charge in [-0.3, -0.25) is 0 Å². The summed E-state index contributed by atoms with van der Waals surface area (Å²) in [6.45, 7) is 3.74. The molecule has 2 heterocycles. The normalized spacial score (nSPS) is 15.7. The highest BCUT2D eigenvalue weighted by Crippen LogP contribution is 2.30. The summed E-state index contributed by atoms with van der Waals surface area (Å²) in [5.74, 6) is 0. The van der Waals surface area contributed by atoms with Crippen molar-refractivity contribution in [3.05, 3.63) is 59.5 Å². The molecule has 0 aliphatic carbocycles. The lowest BCUT2D eigenvalue weighted by molar-refractivity contribution is 0.0730. The Bertz CT molecular complexity index is 1040. The Kier molecular flexibility index (Phi) is 5.10. The van der Waals surface area contributed by atoms with Crippen LogP contribution in [0.25, 0.3) is 21.8 Å². The van der Waals surface area contributed by atoms with Crippen molar-refractivity contribution in [3.63, 3.8) is 0 Å². The summed E-state index contributed by atoms with van der Waals surface area (Å²) >= 11 is 1.59. The monoisotopic (exact) mass is 400 g/mol. The van der Waals surface area contributed by atoms with Crippen molar-refractivity contribution in [1.29, 1.82) is 0 Å². The van der Waals surface area contributed by atoms with E-state index < -0.39 is 10.0 Å². The van der Waals surface area contributed by atoms with Crippen LogP contribution in [0.15, 0.2) is 58.8 Å². The number of nitrogens with zero attached hydrogens (tertiary/aromatic N) is 2. The summed E-state index contributed by atoms with van der Waals surface area (Å²) in [7, 11) is -3.47. The van der Waals surface area contributed by atoms with E-state index in [0.29, 0.717) is 31.2 Å². The predicted molar refractivity (Wildman–Crippen MR) is 107 cm³/mol. The Hall–Kier alpha value is -2.06. The Balaban J connectivity index is 1.58. The first-order chi connectivity index (χ1) is 13.0. The van der Waals surface area contributed by atoms with E-state index in [1.165, 1.54) is 9.87 Å². The fraction of sp³-hybridized carbons (Fsp3) is 0.250. The van der Waals surface area contributed by atoms with E-state index in [-0.39, 0.29) is 0 Å². The highest BCUT2D eigenvalue weighted by molar-refractivity contribution is 7.89. The fourth-order valence-electron chi connectivity index (χ4n) is 3.05. The van der Waals surface area contributed by atoms with Gasteiger partial charge in [0.2, 0.25) is 10.0 Å². The van der Waals surface area contributed by atoms with Crippen LogP contribution in [-0.2, 0) is 14.8 Å². The van der Waals surface area contributed by atoms with Crippen LogP contribution < -0.4 is 0 Å². The van der Waals surface area contributed by atoms with Crippen molar-refractivity contribution in [2.24, 2.45) is 0 Å².